The lowest BCUT2D eigenvalue weighted by Crippen LogP contribution is -2.29. The van der Waals surface area contributed by atoms with Crippen molar-refractivity contribution < 1.29 is 4.79 Å². The molecule has 0 saturated carbocycles. The highest BCUT2D eigenvalue weighted by Crippen LogP contribution is 2.14. The Kier molecular flexibility index (Phi) is 4.69. The van der Waals surface area contributed by atoms with E-state index in [1.54, 1.807) is 6.07 Å². The molecule has 8 nitrogen and oxygen atoms in total. The van der Waals surface area contributed by atoms with Crippen LogP contribution in [0.25, 0.3) is 11.3 Å². The second kappa shape index (κ2) is 7.08. The Bertz CT molecular complexity index is 930. The van der Waals surface area contributed by atoms with Crippen LogP contribution in [0, 0.1) is 0 Å². The number of hydrogen-bond donors (Lipinski definition) is 2. The van der Waals surface area contributed by atoms with Crippen molar-refractivity contribution in [1.29, 1.82) is 0 Å². The van der Waals surface area contributed by atoms with Gasteiger partial charge in [0.15, 0.2) is 0 Å². The fraction of sp³-hybridized carbons (Fsp3) is 0.235. The molecule has 1 amide bonds. The second-order valence-electron chi connectivity index (χ2n) is 5.83. The van der Waals surface area contributed by atoms with Crippen LogP contribution >= 0.6 is 0 Å². The highest BCUT2D eigenvalue weighted by Gasteiger charge is 2.12. The van der Waals surface area contributed by atoms with Gasteiger partial charge in [-0.25, -0.2) is 4.68 Å². The number of rotatable bonds is 5. The number of nitrogens with one attached hydrogen (secondary N) is 2. The Hall–Kier alpha value is -3.29. The number of carbonyl (C=O) groups excluding carboxylic acids is 1. The van der Waals surface area contributed by atoms with Crippen LogP contribution in [0.4, 0.5) is 5.95 Å². The van der Waals surface area contributed by atoms with Crippen LogP contribution < -0.4 is 10.9 Å². The van der Waals surface area contributed by atoms with Crippen molar-refractivity contribution in [1.82, 2.24) is 25.0 Å². The molecule has 128 valence electrons. The Morgan fingerprint density at radius 3 is 2.64 bits per heavy atom. The van der Waals surface area contributed by atoms with Gasteiger partial charge in [-0.1, -0.05) is 44.2 Å². The molecule has 2 heterocycles. The monoisotopic (exact) mass is 338 g/mol. The summed E-state index contributed by atoms with van der Waals surface area (Å²) < 4.78 is 1.12. The molecule has 8 heteroatoms. The predicted octanol–water partition coefficient (Wildman–Crippen LogP) is 1.79. The molecular formula is C17H18N6O2. The van der Waals surface area contributed by atoms with Crippen LogP contribution in [0.3, 0.4) is 0 Å². The van der Waals surface area contributed by atoms with Gasteiger partial charge in [0.05, 0.1) is 5.69 Å². The van der Waals surface area contributed by atoms with Gasteiger partial charge in [-0.05, 0) is 6.07 Å². The van der Waals surface area contributed by atoms with E-state index in [4.69, 9.17) is 0 Å². The molecule has 3 rings (SSSR count). The van der Waals surface area contributed by atoms with Gasteiger partial charge in [-0.3, -0.25) is 20.0 Å². The third-order valence-corrected chi connectivity index (χ3v) is 3.53. The molecule has 3 aromatic rings. The molecule has 25 heavy (non-hydrogen) atoms. The smallest absolute Gasteiger partial charge is 0.267 e. The van der Waals surface area contributed by atoms with Gasteiger partial charge in [0.1, 0.15) is 12.4 Å². The Morgan fingerprint density at radius 1 is 1.20 bits per heavy atom. The van der Waals surface area contributed by atoms with E-state index in [9.17, 15) is 9.59 Å². The standard InChI is InChI=1S/C17H18N6O2/c1-11(2)16-19-17(21-20-16)18-14(24)10-23-15(25)9-8-13(22-23)12-6-4-3-5-7-12/h3-9,11H,10H2,1-2H3,(H2,18,19,20,21,24). The van der Waals surface area contributed by atoms with Gasteiger partial charge in [0, 0.05) is 17.5 Å². The first-order valence-corrected chi connectivity index (χ1v) is 7.88. The van der Waals surface area contributed by atoms with Gasteiger partial charge in [0.2, 0.25) is 11.9 Å². The summed E-state index contributed by atoms with van der Waals surface area (Å²) in [5, 5.41) is 13.5. The third-order valence-electron chi connectivity index (χ3n) is 3.53. The number of amides is 1. The van der Waals surface area contributed by atoms with E-state index < -0.39 is 5.91 Å². The maximum absolute atomic E-state index is 12.2. The maximum Gasteiger partial charge on any atom is 0.267 e. The van der Waals surface area contributed by atoms with Gasteiger partial charge >= 0.3 is 0 Å². The van der Waals surface area contributed by atoms with Crippen LogP contribution in [-0.2, 0) is 11.3 Å². The van der Waals surface area contributed by atoms with Gasteiger partial charge in [-0.15, -0.1) is 5.10 Å². The maximum atomic E-state index is 12.2. The molecule has 0 atom stereocenters. The van der Waals surface area contributed by atoms with Crippen molar-refractivity contribution in [2.45, 2.75) is 26.3 Å². The van der Waals surface area contributed by atoms with Crippen molar-refractivity contribution in [3.8, 4) is 11.3 Å². The minimum atomic E-state index is -0.422. The molecule has 0 aliphatic carbocycles. The van der Waals surface area contributed by atoms with E-state index in [-0.39, 0.29) is 24.0 Å². The van der Waals surface area contributed by atoms with Crippen LogP contribution in [0.5, 0.6) is 0 Å². The Balaban J connectivity index is 1.75. The number of carbonyl (C=O) groups is 1. The summed E-state index contributed by atoms with van der Waals surface area (Å²) in [7, 11) is 0. The molecule has 0 spiro atoms. The number of nitrogens with zero attached hydrogens (tertiary/aromatic N) is 4. The van der Waals surface area contributed by atoms with Crippen molar-refractivity contribution in [3.05, 3.63) is 58.6 Å². The van der Waals surface area contributed by atoms with Crippen molar-refractivity contribution >= 4 is 11.9 Å². The topological polar surface area (TPSA) is 106 Å². The number of hydrogen-bond acceptors (Lipinski definition) is 5. The van der Waals surface area contributed by atoms with E-state index in [1.165, 1.54) is 6.07 Å². The summed E-state index contributed by atoms with van der Waals surface area (Å²) >= 11 is 0. The average molecular weight is 338 g/mol. The molecule has 2 N–H and O–H groups in total. The highest BCUT2D eigenvalue weighted by molar-refractivity contribution is 5.88. The van der Waals surface area contributed by atoms with Crippen LogP contribution in [0.15, 0.2) is 47.3 Å². The van der Waals surface area contributed by atoms with Crippen LogP contribution in [0.1, 0.15) is 25.6 Å². The molecule has 0 saturated heterocycles. The fourth-order valence-electron chi connectivity index (χ4n) is 2.21. The normalized spacial score (nSPS) is 10.8. The summed E-state index contributed by atoms with van der Waals surface area (Å²) in [6.45, 7) is 3.71. The number of benzene rings is 1. The van der Waals surface area contributed by atoms with E-state index in [0.29, 0.717) is 11.5 Å². The zero-order valence-electron chi connectivity index (χ0n) is 13.9. The molecule has 0 fully saturated rings. The van der Waals surface area contributed by atoms with Gasteiger partial charge in [-0.2, -0.15) is 10.1 Å². The van der Waals surface area contributed by atoms with E-state index in [0.717, 1.165) is 10.2 Å². The first-order chi connectivity index (χ1) is 12.0. The summed E-state index contributed by atoms with van der Waals surface area (Å²) in [5.74, 6) is 0.608. The SMILES string of the molecule is CC(C)c1nc(NC(=O)Cn2nc(-c3ccccc3)ccc2=O)n[nH]1. The van der Waals surface area contributed by atoms with Crippen molar-refractivity contribution in [2.24, 2.45) is 0 Å². The number of H-pyrrole nitrogens is 1. The van der Waals surface area contributed by atoms with Crippen LogP contribution in [-0.4, -0.2) is 30.9 Å². The summed E-state index contributed by atoms with van der Waals surface area (Å²) in [6.07, 6.45) is 0. The minimum absolute atomic E-state index is 0.171. The Labute approximate surface area is 143 Å². The zero-order chi connectivity index (χ0) is 17.8. The first-order valence-electron chi connectivity index (χ1n) is 7.88. The molecule has 0 radical (unpaired) electrons. The van der Waals surface area contributed by atoms with E-state index in [2.05, 4.69) is 25.6 Å². The highest BCUT2D eigenvalue weighted by atomic mass is 16.2. The van der Waals surface area contributed by atoms with Crippen LogP contribution in [0.2, 0.25) is 0 Å². The quantitative estimate of drug-likeness (QED) is 0.738. The van der Waals surface area contributed by atoms with Gasteiger partial charge < -0.3 is 0 Å². The lowest BCUT2D eigenvalue weighted by atomic mass is 10.1. The number of aromatic nitrogens is 5. The molecular weight excluding hydrogens is 320 g/mol. The fourth-order valence-corrected chi connectivity index (χ4v) is 2.21. The largest absolute Gasteiger partial charge is 0.292 e. The zero-order valence-corrected chi connectivity index (χ0v) is 13.9. The molecule has 0 bridgehead atoms. The summed E-state index contributed by atoms with van der Waals surface area (Å²) in [4.78, 5) is 28.3. The first kappa shape index (κ1) is 16.6. The predicted molar refractivity (Wildman–Crippen MR) is 93.0 cm³/mol. The summed E-state index contributed by atoms with van der Waals surface area (Å²) in [6, 6.07) is 12.5. The average Bonchev–Trinajstić information content (AvgIpc) is 3.06. The second-order valence-corrected chi connectivity index (χ2v) is 5.83. The molecule has 1 aromatic carbocycles. The van der Waals surface area contributed by atoms with Crippen molar-refractivity contribution in [2.75, 3.05) is 5.32 Å². The Morgan fingerprint density at radius 2 is 1.96 bits per heavy atom. The molecule has 0 aliphatic heterocycles. The van der Waals surface area contributed by atoms with E-state index in [1.807, 2.05) is 44.2 Å². The number of anilines is 1. The molecule has 2 aromatic heterocycles. The molecule has 0 aliphatic rings. The minimum Gasteiger partial charge on any atom is -0.292 e. The lowest BCUT2D eigenvalue weighted by molar-refractivity contribution is -0.117. The third kappa shape index (κ3) is 3.97. The van der Waals surface area contributed by atoms with Gasteiger partial charge in [0.25, 0.3) is 5.56 Å². The number of aromatic amines is 1. The summed E-state index contributed by atoms with van der Waals surface area (Å²) in [5.41, 5.74) is 1.13. The lowest BCUT2D eigenvalue weighted by Gasteiger charge is -2.06. The molecule has 0 unspecified atom stereocenters. The van der Waals surface area contributed by atoms with E-state index >= 15 is 0 Å². The van der Waals surface area contributed by atoms with Crippen molar-refractivity contribution in [3.63, 3.8) is 0 Å².